The molecule has 1 N–H and O–H groups in total. The Bertz CT molecular complexity index is 449. The first-order valence-electron chi connectivity index (χ1n) is 7.21. The number of aryl methyl sites for hydroxylation is 1. The van der Waals surface area contributed by atoms with Crippen LogP contribution in [0.5, 0.6) is 0 Å². The smallest absolute Gasteiger partial charge is 0.128 e. The lowest BCUT2D eigenvalue weighted by atomic mass is 9.91. The fraction of sp³-hybridized carbons (Fsp3) is 0.667. The van der Waals surface area contributed by atoms with Crippen molar-refractivity contribution in [1.82, 2.24) is 9.88 Å². The molecule has 1 aromatic rings. The highest BCUT2D eigenvalue weighted by atomic mass is 79.9. The number of hydrogen-bond acceptors (Lipinski definition) is 3. The molecule has 2 aliphatic heterocycles. The van der Waals surface area contributed by atoms with Gasteiger partial charge in [0.2, 0.25) is 0 Å². The lowest BCUT2D eigenvalue weighted by Crippen LogP contribution is -2.41. The topological polar surface area (TPSA) is 28.2 Å². The van der Waals surface area contributed by atoms with Crippen molar-refractivity contribution >= 4 is 21.7 Å². The molecular formula is C15H22BrN3. The Kier molecular flexibility index (Phi) is 3.81. The molecule has 104 valence electrons. The Morgan fingerprint density at radius 2 is 2.05 bits per heavy atom. The molecule has 2 saturated heterocycles. The van der Waals surface area contributed by atoms with Gasteiger partial charge < -0.3 is 10.2 Å². The highest BCUT2D eigenvalue weighted by Crippen LogP contribution is 2.37. The van der Waals surface area contributed by atoms with Gasteiger partial charge in [-0.25, -0.2) is 4.98 Å². The van der Waals surface area contributed by atoms with Crippen LogP contribution >= 0.6 is 15.9 Å². The van der Waals surface area contributed by atoms with Crippen molar-refractivity contribution in [3.63, 3.8) is 0 Å². The summed E-state index contributed by atoms with van der Waals surface area (Å²) in [4.78, 5) is 7.06. The molecule has 2 fully saturated rings. The minimum atomic E-state index is 0.804. The van der Waals surface area contributed by atoms with Crippen molar-refractivity contribution in [2.24, 2.45) is 5.92 Å². The fourth-order valence-electron chi connectivity index (χ4n) is 3.66. The van der Waals surface area contributed by atoms with Crippen LogP contribution in [-0.4, -0.2) is 35.6 Å². The van der Waals surface area contributed by atoms with Crippen molar-refractivity contribution < 1.29 is 0 Å². The number of halogens is 1. The van der Waals surface area contributed by atoms with Crippen LogP contribution < -0.4 is 5.32 Å². The van der Waals surface area contributed by atoms with Gasteiger partial charge in [0.05, 0.1) is 0 Å². The molecule has 0 aliphatic carbocycles. The molecule has 2 aliphatic rings. The number of anilines is 1. The van der Waals surface area contributed by atoms with E-state index < -0.39 is 0 Å². The number of nitrogens with one attached hydrogen (secondary N) is 1. The summed E-state index contributed by atoms with van der Waals surface area (Å²) < 4.78 is 1.05. The van der Waals surface area contributed by atoms with E-state index in [2.05, 4.69) is 51.2 Å². The highest BCUT2D eigenvalue weighted by molar-refractivity contribution is 9.10. The van der Waals surface area contributed by atoms with Crippen LogP contribution in [0.4, 0.5) is 5.82 Å². The van der Waals surface area contributed by atoms with Gasteiger partial charge in [-0.05, 0) is 73.1 Å². The van der Waals surface area contributed by atoms with Gasteiger partial charge in [-0.2, -0.15) is 0 Å². The Morgan fingerprint density at radius 1 is 1.37 bits per heavy atom. The van der Waals surface area contributed by atoms with E-state index in [-0.39, 0.29) is 0 Å². The summed E-state index contributed by atoms with van der Waals surface area (Å²) in [6.45, 7) is 3.18. The molecule has 0 saturated carbocycles. The standard InChI is InChI=1S/C15H22BrN3/c1-10-5-12(16)9-18-15(10)17-8-11-6-13-3-4-14(7-11)19(13)2/h5,9,11,13-14H,3-4,6-8H2,1-2H3,(H,17,18). The summed E-state index contributed by atoms with van der Waals surface area (Å²) >= 11 is 3.46. The van der Waals surface area contributed by atoms with Gasteiger partial charge in [-0.1, -0.05) is 0 Å². The van der Waals surface area contributed by atoms with Gasteiger partial charge in [0, 0.05) is 29.3 Å². The maximum atomic E-state index is 4.46. The Hall–Kier alpha value is -0.610. The molecule has 2 atom stereocenters. The first-order chi connectivity index (χ1) is 9.13. The SMILES string of the molecule is Cc1cc(Br)cnc1NCC1CC2CCC(C1)N2C. The third-order valence-electron chi connectivity index (χ3n) is 4.80. The predicted octanol–water partition coefficient (Wildman–Crippen LogP) is 3.44. The van der Waals surface area contributed by atoms with Crippen molar-refractivity contribution in [3.8, 4) is 0 Å². The zero-order valence-corrected chi connectivity index (χ0v) is 13.3. The zero-order valence-electron chi connectivity index (χ0n) is 11.7. The second kappa shape index (κ2) is 5.41. The normalized spacial score (nSPS) is 30.6. The molecule has 1 aromatic heterocycles. The molecule has 2 bridgehead atoms. The van der Waals surface area contributed by atoms with E-state index >= 15 is 0 Å². The van der Waals surface area contributed by atoms with E-state index in [1.54, 1.807) is 0 Å². The Labute approximate surface area is 123 Å². The summed E-state index contributed by atoms with van der Waals surface area (Å²) in [5.74, 6) is 1.84. The highest BCUT2D eigenvalue weighted by Gasteiger charge is 2.38. The number of pyridine rings is 1. The Morgan fingerprint density at radius 3 is 2.68 bits per heavy atom. The molecule has 4 heteroatoms. The number of hydrogen-bond donors (Lipinski definition) is 1. The molecule has 3 rings (SSSR count). The quantitative estimate of drug-likeness (QED) is 0.923. The first kappa shape index (κ1) is 13.4. The summed E-state index contributed by atoms with van der Waals surface area (Å²) in [6, 6.07) is 3.77. The number of piperidine rings is 1. The second-order valence-electron chi connectivity index (χ2n) is 6.09. The van der Waals surface area contributed by atoms with Crippen molar-refractivity contribution in [2.45, 2.75) is 44.7 Å². The van der Waals surface area contributed by atoms with Crippen molar-refractivity contribution in [1.29, 1.82) is 0 Å². The maximum Gasteiger partial charge on any atom is 0.128 e. The molecule has 0 aromatic carbocycles. The minimum Gasteiger partial charge on any atom is -0.370 e. The summed E-state index contributed by atoms with van der Waals surface area (Å²) in [5.41, 5.74) is 1.21. The van der Waals surface area contributed by atoms with E-state index in [0.717, 1.165) is 34.8 Å². The number of fused-ring (bicyclic) bond motifs is 2. The van der Waals surface area contributed by atoms with Gasteiger partial charge in [0.15, 0.2) is 0 Å². The van der Waals surface area contributed by atoms with E-state index in [9.17, 15) is 0 Å². The Balaban J connectivity index is 1.58. The first-order valence-corrected chi connectivity index (χ1v) is 8.00. The number of nitrogens with zero attached hydrogens (tertiary/aromatic N) is 2. The van der Waals surface area contributed by atoms with E-state index in [1.165, 1.54) is 31.2 Å². The largest absolute Gasteiger partial charge is 0.370 e. The van der Waals surface area contributed by atoms with Crippen molar-refractivity contribution in [2.75, 3.05) is 18.9 Å². The van der Waals surface area contributed by atoms with Gasteiger partial charge in [0.25, 0.3) is 0 Å². The minimum absolute atomic E-state index is 0.804. The van der Waals surface area contributed by atoms with Gasteiger partial charge in [-0.15, -0.1) is 0 Å². The zero-order chi connectivity index (χ0) is 13.4. The average Bonchev–Trinajstić information content (AvgIpc) is 2.62. The van der Waals surface area contributed by atoms with Crippen molar-refractivity contribution in [3.05, 3.63) is 22.3 Å². The molecule has 0 spiro atoms. The van der Waals surface area contributed by atoms with E-state index in [1.807, 2.05) is 6.20 Å². The van der Waals surface area contributed by atoms with Crippen LogP contribution in [0, 0.1) is 12.8 Å². The number of aromatic nitrogens is 1. The molecular weight excluding hydrogens is 302 g/mol. The van der Waals surface area contributed by atoms with Crippen LogP contribution in [0.3, 0.4) is 0 Å². The van der Waals surface area contributed by atoms with Gasteiger partial charge >= 0.3 is 0 Å². The molecule has 2 unspecified atom stereocenters. The monoisotopic (exact) mass is 323 g/mol. The predicted molar refractivity (Wildman–Crippen MR) is 82.5 cm³/mol. The molecule has 0 radical (unpaired) electrons. The summed E-state index contributed by atoms with van der Waals surface area (Å²) in [7, 11) is 2.30. The molecule has 0 amide bonds. The van der Waals surface area contributed by atoms with Gasteiger partial charge in [-0.3, -0.25) is 0 Å². The fourth-order valence-corrected chi connectivity index (χ4v) is 4.10. The van der Waals surface area contributed by atoms with Gasteiger partial charge in [0.1, 0.15) is 5.82 Å². The average molecular weight is 324 g/mol. The number of rotatable bonds is 3. The lowest BCUT2D eigenvalue weighted by Gasteiger charge is -2.36. The third-order valence-corrected chi connectivity index (χ3v) is 5.23. The van der Waals surface area contributed by atoms with E-state index in [4.69, 9.17) is 0 Å². The van der Waals surface area contributed by atoms with Crippen LogP contribution in [0.25, 0.3) is 0 Å². The van der Waals surface area contributed by atoms with Crippen LogP contribution in [0.15, 0.2) is 16.7 Å². The molecule has 3 heterocycles. The van der Waals surface area contributed by atoms with Crippen LogP contribution in [0.2, 0.25) is 0 Å². The van der Waals surface area contributed by atoms with Crippen LogP contribution in [0.1, 0.15) is 31.2 Å². The summed E-state index contributed by atoms with van der Waals surface area (Å²) in [6.07, 6.45) is 7.35. The second-order valence-corrected chi connectivity index (χ2v) is 7.00. The van der Waals surface area contributed by atoms with E-state index in [0.29, 0.717) is 0 Å². The lowest BCUT2D eigenvalue weighted by molar-refractivity contribution is 0.139. The summed E-state index contributed by atoms with van der Waals surface area (Å²) in [5, 5.41) is 3.54. The molecule has 3 nitrogen and oxygen atoms in total. The third kappa shape index (κ3) is 2.79. The molecule has 19 heavy (non-hydrogen) atoms. The van der Waals surface area contributed by atoms with Crippen LogP contribution in [-0.2, 0) is 0 Å². The maximum absolute atomic E-state index is 4.46.